The molecule has 2 aliphatic carbocycles. The van der Waals surface area contributed by atoms with Crippen LogP contribution in [0.1, 0.15) is 43.9 Å². The minimum atomic E-state index is -4.40. The van der Waals surface area contributed by atoms with Crippen molar-refractivity contribution in [2.45, 2.75) is 51.1 Å². The molecule has 180 valence electrons. The Morgan fingerprint density at radius 1 is 1.09 bits per heavy atom. The predicted octanol–water partition coefficient (Wildman–Crippen LogP) is 6.73. The van der Waals surface area contributed by atoms with Crippen molar-refractivity contribution in [3.63, 3.8) is 0 Å². The molecule has 2 aromatic rings. The van der Waals surface area contributed by atoms with Crippen LogP contribution >= 0.6 is 0 Å². The highest BCUT2D eigenvalue weighted by molar-refractivity contribution is 5.75. The molecule has 5 rings (SSSR count). The number of ether oxygens (including phenoxy) is 1. The second-order valence-electron chi connectivity index (χ2n) is 9.82. The van der Waals surface area contributed by atoms with Gasteiger partial charge in [0.15, 0.2) is 0 Å². The first kappa shape index (κ1) is 23.1. The summed E-state index contributed by atoms with van der Waals surface area (Å²) in [6, 6.07) is 8.68. The number of carbonyl (C=O) groups is 1. The van der Waals surface area contributed by atoms with Crippen LogP contribution in [0.25, 0.3) is 17.2 Å². The fraction of sp³-hybridized carbons (Fsp3) is 0.481. The lowest BCUT2D eigenvalue weighted by Gasteiger charge is -2.47. The van der Waals surface area contributed by atoms with Gasteiger partial charge in [0.25, 0.3) is 0 Å². The molecule has 0 spiro atoms. The third-order valence-corrected chi connectivity index (χ3v) is 7.91. The van der Waals surface area contributed by atoms with Gasteiger partial charge in [0.05, 0.1) is 17.2 Å². The molecule has 2 saturated carbocycles. The van der Waals surface area contributed by atoms with Crippen molar-refractivity contribution in [2.24, 2.45) is 29.6 Å². The van der Waals surface area contributed by atoms with Gasteiger partial charge < -0.3 is 4.74 Å². The van der Waals surface area contributed by atoms with Gasteiger partial charge in [0.2, 0.25) is 0 Å². The highest BCUT2D eigenvalue weighted by Crippen LogP contribution is 2.54. The molecule has 7 atom stereocenters. The normalized spacial score (nSPS) is 33.4. The fourth-order valence-electron chi connectivity index (χ4n) is 6.32. The molecule has 0 bridgehead atoms. The summed E-state index contributed by atoms with van der Waals surface area (Å²) >= 11 is 0. The molecule has 3 aliphatic rings. The van der Waals surface area contributed by atoms with Gasteiger partial charge in [-0.3, -0.25) is 9.78 Å². The summed E-state index contributed by atoms with van der Waals surface area (Å²) in [6.45, 7) is 1.92. The van der Waals surface area contributed by atoms with Crippen LogP contribution in [0.5, 0.6) is 0 Å². The third kappa shape index (κ3) is 4.25. The van der Waals surface area contributed by atoms with Crippen molar-refractivity contribution in [1.82, 2.24) is 4.98 Å². The Balaban J connectivity index is 1.39. The van der Waals surface area contributed by atoms with E-state index >= 15 is 0 Å². The van der Waals surface area contributed by atoms with Crippen molar-refractivity contribution in [3.8, 4) is 11.1 Å². The van der Waals surface area contributed by atoms with Crippen molar-refractivity contribution in [1.29, 1.82) is 0 Å². The maximum Gasteiger partial charge on any atom is 0.416 e. The number of fused-ring (bicyclic) bond motifs is 2. The lowest BCUT2D eigenvalue weighted by Crippen LogP contribution is -2.46. The molecular weight excluding hydrogens is 446 g/mol. The number of rotatable bonds is 3. The summed E-state index contributed by atoms with van der Waals surface area (Å²) in [4.78, 5) is 16.9. The first-order valence-electron chi connectivity index (χ1n) is 11.9. The highest BCUT2D eigenvalue weighted by atomic mass is 19.4. The molecule has 0 N–H and O–H groups in total. The van der Waals surface area contributed by atoms with E-state index in [2.05, 4.69) is 11.1 Å². The van der Waals surface area contributed by atoms with Gasteiger partial charge >= 0.3 is 12.1 Å². The molecule has 1 aromatic heterocycles. The Hall–Kier alpha value is -2.70. The average molecular weight is 474 g/mol. The number of allylic oxidation sites excluding steroid dienone is 1. The van der Waals surface area contributed by atoms with Crippen LogP contribution in [-0.2, 0) is 15.7 Å². The van der Waals surface area contributed by atoms with Crippen LogP contribution in [0.15, 0.2) is 48.7 Å². The Morgan fingerprint density at radius 2 is 1.91 bits per heavy atom. The van der Waals surface area contributed by atoms with E-state index in [1.807, 2.05) is 13.0 Å². The summed E-state index contributed by atoms with van der Waals surface area (Å²) in [5, 5.41) is 0. The number of hydrogen-bond acceptors (Lipinski definition) is 3. The molecule has 1 saturated heterocycles. The van der Waals surface area contributed by atoms with Crippen molar-refractivity contribution >= 4 is 12.0 Å². The zero-order chi connectivity index (χ0) is 24.0. The maximum atomic E-state index is 14.8. The van der Waals surface area contributed by atoms with Gasteiger partial charge in [0, 0.05) is 17.7 Å². The molecule has 1 aliphatic heterocycles. The van der Waals surface area contributed by atoms with E-state index in [9.17, 15) is 22.4 Å². The number of halogens is 4. The zero-order valence-corrected chi connectivity index (χ0v) is 18.8. The monoisotopic (exact) mass is 473 g/mol. The second kappa shape index (κ2) is 8.82. The molecule has 0 radical (unpaired) electrons. The smallest absolute Gasteiger partial charge is 0.416 e. The van der Waals surface area contributed by atoms with E-state index in [0.717, 1.165) is 25.0 Å². The Kier molecular flexibility index (Phi) is 5.98. The first-order chi connectivity index (χ1) is 16.2. The van der Waals surface area contributed by atoms with Gasteiger partial charge in [-0.25, -0.2) is 4.39 Å². The van der Waals surface area contributed by atoms with E-state index in [1.54, 1.807) is 24.4 Å². The average Bonchev–Trinajstić information content (AvgIpc) is 3.10. The van der Waals surface area contributed by atoms with E-state index in [0.29, 0.717) is 29.7 Å². The minimum absolute atomic E-state index is 0.0219. The standard InChI is InChI=1S/C27H27F4NO2/c1-15-25-21(20-6-3-7-24(28)22(20)13-23(25)26(33)34-15)11-10-19-9-8-17(14-32-19)16-4-2-5-18(12-16)27(29,30)31/h2,4-5,8-12,14-15,20-25H,3,6-7,13H2,1H3/b11-10+/t15-,20+,21+,22+,23-,24-,25+/m1/s1. The van der Waals surface area contributed by atoms with Crippen LogP contribution in [0.3, 0.4) is 0 Å². The molecular formula is C27H27F4NO2. The third-order valence-electron chi connectivity index (χ3n) is 7.91. The maximum absolute atomic E-state index is 14.8. The lowest BCUT2D eigenvalue weighted by atomic mass is 9.57. The molecule has 2 heterocycles. The fourth-order valence-corrected chi connectivity index (χ4v) is 6.32. The van der Waals surface area contributed by atoms with E-state index in [-0.39, 0.29) is 41.7 Å². The topological polar surface area (TPSA) is 39.2 Å². The van der Waals surface area contributed by atoms with Gasteiger partial charge in [0.1, 0.15) is 12.3 Å². The van der Waals surface area contributed by atoms with Gasteiger partial charge in [-0.1, -0.05) is 30.7 Å². The number of nitrogens with zero attached hydrogens (tertiary/aromatic N) is 1. The molecule has 0 unspecified atom stereocenters. The Bertz CT molecular complexity index is 1080. The molecule has 0 amide bonds. The number of pyridine rings is 1. The van der Waals surface area contributed by atoms with E-state index < -0.39 is 17.9 Å². The second-order valence-corrected chi connectivity index (χ2v) is 9.82. The first-order valence-corrected chi connectivity index (χ1v) is 11.9. The van der Waals surface area contributed by atoms with Crippen LogP contribution in [0.2, 0.25) is 0 Å². The number of esters is 1. The number of cyclic esters (lactones) is 1. The van der Waals surface area contributed by atoms with Gasteiger partial charge in [-0.2, -0.15) is 13.2 Å². The van der Waals surface area contributed by atoms with Gasteiger partial charge in [-0.15, -0.1) is 0 Å². The Labute approximate surface area is 196 Å². The molecule has 7 heteroatoms. The largest absolute Gasteiger partial charge is 0.462 e. The molecule has 1 aromatic carbocycles. The summed E-state index contributed by atoms with van der Waals surface area (Å²) in [6.07, 6.45) is 2.91. The van der Waals surface area contributed by atoms with Gasteiger partial charge in [-0.05, 0) is 73.8 Å². The number of hydrogen-bond donors (Lipinski definition) is 0. The van der Waals surface area contributed by atoms with E-state index in [4.69, 9.17) is 4.74 Å². The van der Waals surface area contributed by atoms with Crippen LogP contribution < -0.4 is 0 Å². The van der Waals surface area contributed by atoms with Crippen molar-refractivity contribution in [2.75, 3.05) is 0 Å². The summed E-state index contributed by atoms with van der Waals surface area (Å²) in [5.74, 6) is -0.385. The molecule has 3 fully saturated rings. The Morgan fingerprint density at radius 3 is 2.65 bits per heavy atom. The number of aromatic nitrogens is 1. The van der Waals surface area contributed by atoms with Crippen LogP contribution in [-0.4, -0.2) is 23.2 Å². The van der Waals surface area contributed by atoms with Crippen LogP contribution in [0.4, 0.5) is 17.6 Å². The van der Waals surface area contributed by atoms with E-state index in [1.165, 1.54) is 6.07 Å². The number of benzene rings is 1. The predicted molar refractivity (Wildman–Crippen MR) is 120 cm³/mol. The SMILES string of the molecule is C[C@H]1OC(=O)[C@@H]2C[C@H]3[C@@H](CCC[C@H]3F)[C@H](/C=C/c3ccc(-c4cccc(C(F)(F)F)c4)cn3)[C@H]12. The zero-order valence-electron chi connectivity index (χ0n) is 18.8. The minimum Gasteiger partial charge on any atom is -0.462 e. The number of alkyl halides is 4. The highest BCUT2D eigenvalue weighted by Gasteiger charge is 2.55. The summed E-state index contributed by atoms with van der Waals surface area (Å²) in [5.41, 5.74) is 1.01. The molecule has 34 heavy (non-hydrogen) atoms. The molecule has 3 nitrogen and oxygen atoms in total. The quantitative estimate of drug-likeness (QED) is 0.366. The lowest BCUT2D eigenvalue weighted by molar-refractivity contribution is -0.144. The van der Waals surface area contributed by atoms with Crippen LogP contribution in [0, 0.1) is 29.6 Å². The number of carbonyl (C=O) groups excluding carboxylic acids is 1. The van der Waals surface area contributed by atoms with Crippen molar-refractivity contribution < 1.29 is 27.1 Å². The summed E-state index contributed by atoms with van der Waals surface area (Å²) < 4.78 is 59.4. The summed E-state index contributed by atoms with van der Waals surface area (Å²) in [7, 11) is 0. The van der Waals surface area contributed by atoms with Crippen molar-refractivity contribution in [3.05, 3.63) is 59.9 Å².